The number of nitrogens with zero attached hydrogens (tertiary/aromatic N) is 4. The van der Waals surface area contributed by atoms with E-state index in [2.05, 4.69) is 15.5 Å². The summed E-state index contributed by atoms with van der Waals surface area (Å²) in [7, 11) is 1.83. The smallest absolute Gasteiger partial charge is 0.352 e. The van der Waals surface area contributed by atoms with Crippen LogP contribution in [0.2, 0.25) is 0 Å². The Morgan fingerprint density at radius 3 is 2.66 bits per heavy atom. The van der Waals surface area contributed by atoms with Crippen LogP contribution in [0.4, 0.5) is 0 Å². The molecule has 2 aliphatic rings. The van der Waals surface area contributed by atoms with Crippen molar-refractivity contribution in [2.75, 3.05) is 11.5 Å². The topological polar surface area (TPSA) is 138 Å². The van der Waals surface area contributed by atoms with Crippen LogP contribution in [-0.4, -0.2) is 70.6 Å². The summed E-state index contributed by atoms with van der Waals surface area (Å²) in [6.45, 7) is 1.82. The Morgan fingerprint density at radius 2 is 2.03 bits per heavy atom. The Balaban J connectivity index is 1.46. The number of β-lactam (4-membered cyclic amide) rings is 1. The minimum Gasteiger partial charge on any atom is -0.477 e. The van der Waals surface area contributed by atoms with Crippen LogP contribution in [0.15, 0.2) is 46.8 Å². The van der Waals surface area contributed by atoms with Gasteiger partial charge in [-0.2, -0.15) is 0 Å². The number of carbonyl (C=O) groups is 3. The van der Waals surface area contributed by atoms with Crippen molar-refractivity contribution in [1.29, 1.82) is 0 Å². The quantitative estimate of drug-likeness (QED) is 0.390. The molecule has 0 aliphatic carbocycles. The molecule has 2 aliphatic heterocycles. The molecule has 1 aromatic heterocycles. The van der Waals surface area contributed by atoms with Crippen molar-refractivity contribution in [1.82, 2.24) is 25.0 Å². The fourth-order valence-electron chi connectivity index (χ4n) is 3.48. The zero-order valence-electron chi connectivity index (χ0n) is 17.3. The first-order valence-electron chi connectivity index (χ1n) is 9.71. The molecule has 2 aromatic rings. The maximum atomic E-state index is 12.8. The number of thioether (sulfide) groups is 2. The number of nitrogens with one attached hydrogen (secondary N) is 1. The van der Waals surface area contributed by atoms with Crippen LogP contribution in [0.5, 0.6) is 0 Å². The van der Waals surface area contributed by atoms with Gasteiger partial charge in [0.05, 0.1) is 0 Å². The van der Waals surface area contributed by atoms with Gasteiger partial charge in [0.25, 0.3) is 11.8 Å². The maximum Gasteiger partial charge on any atom is 0.352 e. The highest BCUT2D eigenvalue weighted by atomic mass is 32.2. The normalized spacial score (nSPS) is 21.1. The van der Waals surface area contributed by atoms with E-state index in [9.17, 15) is 24.6 Å². The van der Waals surface area contributed by atoms with E-state index in [1.54, 1.807) is 30.3 Å². The number of carboxylic acid groups (broad SMARTS) is 1. The van der Waals surface area contributed by atoms with Gasteiger partial charge in [0, 0.05) is 18.6 Å². The molecule has 3 atom stereocenters. The second-order valence-electron chi connectivity index (χ2n) is 7.34. The molecule has 2 unspecified atom stereocenters. The zero-order chi connectivity index (χ0) is 23.0. The third-order valence-electron chi connectivity index (χ3n) is 5.34. The number of benzene rings is 1. The molecule has 168 valence electrons. The Kier molecular flexibility index (Phi) is 6.26. The molecule has 1 fully saturated rings. The third kappa shape index (κ3) is 4.00. The van der Waals surface area contributed by atoms with E-state index in [1.807, 2.05) is 18.5 Å². The number of aliphatic hydroxyl groups is 1. The Morgan fingerprint density at radius 1 is 1.31 bits per heavy atom. The van der Waals surface area contributed by atoms with E-state index in [1.165, 1.54) is 28.4 Å². The monoisotopic (exact) mass is 475 g/mol. The van der Waals surface area contributed by atoms with Gasteiger partial charge in [-0.25, -0.2) is 4.79 Å². The van der Waals surface area contributed by atoms with E-state index in [4.69, 9.17) is 0 Å². The maximum absolute atomic E-state index is 12.8. The van der Waals surface area contributed by atoms with Crippen LogP contribution >= 0.6 is 23.5 Å². The Labute approximate surface area is 192 Å². The van der Waals surface area contributed by atoms with E-state index < -0.39 is 35.3 Å². The van der Waals surface area contributed by atoms with Gasteiger partial charge in [-0.3, -0.25) is 14.5 Å². The van der Waals surface area contributed by atoms with Gasteiger partial charge in [0.1, 0.15) is 22.9 Å². The molecule has 0 radical (unpaired) electrons. The number of aromatic nitrogens is 3. The van der Waals surface area contributed by atoms with Gasteiger partial charge in [-0.15, -0.1) is 22.0 Å². The van der Waals surface area contributed by atoms with Crippen molar-refractivity contribution in [3.05, 3.63) is 53.0 Å². The molecule has 0 bridgehead atoms. The van der Waals surface area contributed by atoms with Crippen LogP contribution in [-0.2, 0) is 21.4 Å². The van der Waals surface area contributed by atoms with Crippen molar-refractivity contribution in [3.8, 4) is 0 Å². The number of hydrogen-bond acceptors (Lipinski definition) is 8. The number of rotatable bonds is 7. The lowest BCUT2D eigenvalue weighted by molar-refractivity contribution is -0.151. The number of hydrogen-bond donors (Lipinski definition) is 3. The Bertz CT molecular complexity index is 1100. The van der Waals surface area contributed by atoms with Crippen molar-refractivity contribution < 1.29 is 24.6 Å². The molecule has 1 saturated heterocycles. The minimum atomic E-state index is -1.41. The third-order valence-corrected chi connectivity index (χ3v) is 7.79. The molecule has 32 heavy (non-hydrogen) atoms. The fourth-order valence-corrected chi connectivity index (χ4v) is 5.92. The van der Waals surface area contributed by atoms with Gasteiger partial charge in [-0.1, -0.05) is 42.1 Å². The van der Waals surface area contributed by atoms with Gasteiger partial charge in [0.2, 0.25) is 0 Å². The molecule has 2 amide bonds. The molecule has 1 aromatic carbocycles. The van der Waals surface area contributed by atoms with E-state index in [0.29, 0.717) is 27.8 Å². The predicted molar refractivity (Wildman–Crippen MR) is 118 cm³/mol. The molecule has 3 N–H and O–H groups in total. The van der Waals surface area contributed by atoms with Gasteiger partial charge >= 0.3 is 5.97 Å². The zero-order valence-corrected chi connectivity index (χ0v) is 18.9. The number of carboxylic acids is 1. The highest BCUT2D eigenvalue weighted by Gasteiger charge is 2.54. The van der Waals surface area contributed by atoms with Crippen molar-refractivity contribution in [2.24, 2.45) is 7.05 Å². The molecule has 0 spiro atoms. The summed E-state index contributed by atoms with van der Waals surface area (Å²) in [6, 6.07) is 7.50. The summed E-state index contributed by atoms with van der Waals surface area (Å²) < 4.78 is 1.81. The number of aliphatic hydroxyl groups excluding tert-OH is 1. The summed E-state index contributed by atoms with van der Waals surface area (Å²) in [5, 5.41) is 30.8. The highest BCUT2D eigenvalue weighted by molar-refractivity contribution is 8.01. The molecule has 12 heteroatoms. The lowest BCUT2D eigenvalue weighted by Gasteiger charge is -2.49. The first-order chi connectivity index (χ1) is 15.3. The first-order valence-corrected chi connectivity index (χ1v) is 11.7. The van der Waals surface area contributed by atoms with E-state index in [-0.39, 0.29) is 5.70 Å². The average Bonchev–Trinajstić information content (AvgIpc) is 3.12. The summed E-state index contributed by atoms with van der Waals surface area (Å²) in [5.41, 5.74) is 0.959. The summed E-state index contributed by atoms with van der Waals surface area (Å²) in [6.07, 6.45) is -1.41. The van der Waals surface area contributed by atoms with Gasteiger partial charge < -0.3 is 20.1 Å². The molecule has 0 saturated carbocycles. The number of aliphatic carboxylic acids is 1. The first kappa shape index (κ1) is 22.4. The van der Waals surface area contributed by atoms with Crippen molar-refractivity contribution in [2.45, 2.75) is 29.6 Å². The molecular formula is C20H21N5O5S2. The molecular weight excluding hydrogens is 454 g/mol. The molecule has 10 nitrogen and oxygen atoms in total. The van der Waals surface area contributed by atoms with Gasteiger partial charge in [-0.05, 0) is 18.1 Å². The second-order valence-corrected chi connectivity index (χ2v) is 9.39. The van der Waals surface area contributed by atoms with Crippen LogP contribution in [0.3, 0.4) is 0 Å². The average molecular weight is 476 g/mol. The Hall–Kier alpha value is -2.83. The van der Waals surface area contributed by atoms with E-state index in [0.717, 1.165) is 5.82 Å². The van der Waals surface area contributed by atoms with Crippen molar-refractivity contribution >= 4 is 41.3 Å². The van der Waals surface area contributed by atoms with Crippen LogP contribution in [0.25, 0.3) is 0 Å². The number of carbonyl (C=O) groups excluding carboxylic acids is 2. The van der Waals surface area contributed by atoms with Crippen molar-refractivity contribution in [3.63, 3.8) is 0 Å². The number of aryl methyl sites for hydroxylation is 1. The lowest BCUT2D eigenvalue weighted by Crippen LogP contribution is -2.70. The lowest BCUT2D eigenvalue weighted by atomic mass is 10.0. The second kappa shape index (κ2) is 8.96. The SMILES string of the molecule is Cc1nnc(SCC2=C(C(=O)O)N3C(=O)C(NC(=O)C(O)c4ccccc4)[C@@H]3SC2)n1C. The molecule has 4 rings (SSSR count). The number of amides is 2. The van der Waals surface area contributed by atoms with Crippen LogP contribution in [0, 0.1) is 6.92 Å². The van der Waals surface area contributed by atoms with E-state index >= 15 is 0 Å². The molecule has 3 heterocycles. The number of fused-ring (bicyclic) bond motifs is 1. The highest BCUT2D eigenvalue weighted by Crippen LogP contribution is 2.41. The van der Waals surface area contributed by atoms with Gasteiger partial charge in [0.15, 0.2) is 11.3 Å². The largest absolute Gasteiger partial charge is 0.477 e. The van der Waals surface area contributed by atoms with Crippen LogP contribution < -0.4 is 5.32 Å². The summed E-state index contributed by atoms with van der Waals surface area (Å²) in [5.74, 6) is -0.913. The summed E-state index contributed by atoms with van der Waals surface area (Å²) in [4.78, 5) is 38.4. The van der Waals surface area contributed by atoms with Crippen LogP contribution in [0.1, 0.15) is 17.5 Å². The predicted octanol–water partition coefficient (Wildman–Crippen LogP) is 0.688. The standard InChI is InChI=1S/C20H21N5O5S2/c1-10-22-23-20(24(10)2)32-9-12-8-31-18-13(17(28)25(18)14(12)19(29)30)21-16(27)15(26)11-6-4-3-5-7-11/h3-7,13,15,18,26H,8-9H2,1-2H3,(H,21,27)(H,29,30)/t13?,15?,18-/m0/s1. The minimum absolute atomic E-state index is 0.0563. The summed E-state index contributed by atoms with van der Waals surface area (Å²) >= 11 is 2.73. The fraction of sp³-hybridized carbons (Fsp3) is 0.350.